The Kier molecular flexibility index (Phi) is 2.45. The van der Waals surface area contributed by atoms with Crippen LogP contribution in [0.15, 0.2) is 42.5 Å². The molecule has 0 saturated carbocycles. The van der Waals surface area contributed by atoms with Gasteiger partial charge in [-0.05, 0) is 29.7 Å². The summed E-state index contributed by atoms with van der Waals surface area (Å²) in [6.07, 6.45) is 7.26. The van der Waals surface area contributed by atoms with E-state index in [2.05, 4.69) is 56.3 Å². The molecule has 0 aliphatic heterocycles. The van der Waals surface area contributed by atoms with E-state index >= 15 is 0 Å². The quantitative estimate of drug-likeness (QED) is 0.614. The van der Waals surface area contributed by atoms with Crippen LogP contribution in [0.5, 0.6) is 0 Å². The van der Waals surface area contributed by atoms with Gasteiger partial charge in [0.15, 0.2) is 0 Å². The first-order valence-corrected chi connectivity index (χ1v) is 5.43. The molecule has 74 valence electrons. The van der Waals surface area contributed by atoms with Crippen LogP contribution in [-0.4, -0.2) is 0 Å². The van der Waals surface area contributed by atoms with Gasteiger partial charge in [0.05, 0.1) is 0 Å². The van der Waals surface area contributed by atoms with Gasteiger partial charge in [-0.1, -0.05) is 56.3 Å². The van der Waals surface area contributed by atoms with E-state index in [1.54, 1.807) is 0 Å². The fraction of sp³-hybridized carbons (Fsp3) is 0.429. The summed E-state index contributed by atoms with van der Waals surface area (Å²) >= 11 is 0. The Balaban J connectivity index is 2.27. The van der Waals surface area contributed by atoms with Gasteiger partial charge in [-0.15, -0.1) is 0 Å². The summed E-state index contributed by atoms with van der Waals surface area (Å²) in [5, 5.41) is 0. The molecule has 0 saturated heterocycles. The zero-order valence-corrected chi connectivity index (χ0v) is 9.03. The molecule has 1 aliphatic rings. The van der Waals surface area contributed by atoms with Gasteiger partial charge in [-0.3, -0.25) is 0 Å². The Morgan fingerprint density at radius 2 is 1.86 bits per heavy atom. The minimum atomic E-state index is 0.286. The van der Waals surface area contributed by atoms with Crippen molar-refractivity contribution in [1.82, 2.24) is 0 Å². The van der Waals surface area contributed by atoms with E-state index in [-0.39, 0.29) is 5.41 Å². The largest absolute Gasteiger partial charge is 0.0882 e. The average molecular weight is 186 g/mol. The smallest absolute Gasteiger partial charge is 0.00407 e. The lowest BCUT2D eigenvalue weighted by Crippen LogP contribution is -2.25. The van der Waals surface area contributed by atoms with E-state index in [4.69, 9.17) is 0 Å². The van der Waals surface area contributed by atoms with Crippen LogP contribution >= 0.6 is 0 Å². The maximum absolute atomic E-state index is 2.38. The highest BCUT2D eigenvalue weighted by molar-refractivity contribution is 5.27. The number of benzene rings is 1. The van der Waals surface area contributed by atoms with Crippen molar-refractivity contribution in [3.63, 3.8) is 0 Å². The lowest BCUT2D eigenvalue weighted by atomic mass is 9.73. The summed E-state index contributed by atoms with van der Waals surface area (Å²) < 4.78 is 0. The lowest BCUT2D eigenvalue weighted by Gasteiger charge is -2.31. The van der Waals surface area contributed by atoms with Crippen LogP contribution in [0.25, 0.3) is 0 Å². The topological polar surface area (TPSA) is 0 Å². The van der Waals surface area contributed by atoms with Crippen molar-refractivity contribution in [2.75, 3.05) is 0 Å². The maximum atomic E-state index is 2.38. The summed E-state index contributed by atoms with van der Waals surface area (Å²) in [5.74, 6) is 0.713. The molecule has 14 heavy (non-hydrogen) atoms. The molecule has 0 amide bonds. The summed E-state index contributed by atoms with van der Waals surface area (Å²) in [7, 11) is 0. The molecule has 1 atom stereocenters. The minimum Gasteiger partial charge on any atom is -0.0882 e. The van der Waals surface area contributed by atoms with Crippen LogP contribution in [-0.2, 0) is 5.41 Å². The van der Waals surface area contributed by atoms with Crippen molar-refractivity contribution in [1.29, 1.82) is 0 Å². The highest BCUT2D eigenvalue weighted by Gasteiger charge is 2.30. The Labute approximate surface area is 86.7 Å². The molecule has 0 nitrogen and oxygen atoms in total. The van der Waals surface area contributed by atoms with Crippen molar-refractivity contribution in [3.05, 3.63) is 48.0 Å². The van der Waals surface area contributed by atoms with E-state index in [1.807, 2.05) is 0 Å². The molecule has 1 aromatic carbocycles. The summed E-state index contributed by atoms with van der Waals surface area (Å²) in [5.41, 5.74) is 1.74. The second-order valence-electron chi connectivity index (χ2n) is 4.70. The molecule has 2 rings (SSSR count). The number of rotatable bonds is 2. The third-order valence-electron chi connectivity index (χ3n) is 3.46. The predicted molar refractivity (Wildman–Crippen MR) is 61.3 cm³/mol. The highest BCUT2D eigenvalue weighted by Crippen LogP contribution is 2.37. The summed E-state index contributed by atoms with van der Waals surface area (Å²) in [4.78, 5) is 0. The summed E-state index contributed by atoms with van der Waals surface area (Å²) in [6, 6.07) is 10.8. The fourth-order valence-electron chi connectivity index (χ4n) is 2.32. The SMILES string of the molecule is CC(C)(c1ccccc1)C1C=CCC1. The third-order valence-corrected chi connectivity index (χ3v) is 3.46. The molecule has 1 aromatic rings. The number of hydrogen-bond donors (Lipinski definition) is 0. The molecule has 0 radical (unpaired) electrons. The third kappa shape index (κ3) is 1.61. The van der Waals surface area contributed by atoms with Crippen molar-refractivity contribution in [3.8, 4) is 0 Å². The molecule has 0 N–H and O–H groups in total. The Bertz CT molecular complexity index is 319. The lowest BCUT2D eigenvalue weighted by molar-refractivity contribution is 0.377. The van der Waals surface area contributed by atoms with Gasteiger partial charge in [0.1, 0.15) is 0 Å². The van der Waals surface area contributed by atoms with Crippen molar-refractivity contribution in [2.24, 2.45) is 5.92 Å². The van der Waals surface area contributed by atoms with E-state index in [9.17, 15) is 0 Å². The van der Waals surface area contributed by atoms with Gasteiger partial charge in [0.2, 0.25) is 0 Å². The first-order chi connectivity index (χ1) is 6.71. The first-order valence-electron chi connectivity index (χ1n) is 5.43. The van der Waals surface area contributed by atoms with E-state index < -0.39 is 0 Å². The van der Waals surface area contributed by atoms with E-state index in [0.29, 0.717) is 5.92 Å². The second kappa shape index (κ2) is 3.61. The van der Waals surface area contributed by atoms with Gasteiger partial charge in [-0.2, -0.15) is 0 Å². The van der Waals surface area contributed by atoms with Crippen molar-refractivity contribution < 1.29 is 0 Å². The minimum absolute atomic E-state index is 0.286. The molecule has 0 spiro atoms. The Morgan fingerprint density at radius 3 is 2.43 bits per heavy atom. The number of hydrogen-bond acceptors (Lipinski definition) is 0. The molecule has 0 aromatic heterocycles. The van der Waals surface area contributed by atoms with Crippen LogP contribution in [0.3, 0.4) is 0 Å². The van der Waals surface area contributed by atoms with Crippen molar-refractivity contribution in [2.45, 2.75) is 32.1 Å². The maximum Gasteiger partial charge on any atom is -0.00407 e. The Hall–Kier alpha value is -1.04. The van der Waals surface area contributed by atoms with Crippen LogP contribution in [0.4, 0.5) is 0 Å². The monoisotopic (exact) mass is 186 g/mol. The molecule has 1 unspecified atom stereocenters. The standard InChI is InChI=1S/C14H18/c1-14(2,13-10-6-7-11-13)12-8-4-3-5-9-12/h3-6,8-10,13H,7,11H2,1-2H3. The van der Waals surface area contributed by atoms with Gasteiger partial charge >= 0.3 is 0 Å². The first kappa shape index (κ1) is 9.51. The molecule has 0 heteroatoms. The molecule has 0 fully saturated rings. The molecule has 1 aliphatic carbocycles. The van der Waals surface area contributed by atoms with Crippen LogP contribution in [0.1, 0.15) is 32.3 Å². The van der Waals surface area contributed by atoms with Gasteiger partial charge < -0.3 is 0 Å². The average Bonchev–Trinajstić information content (AvgIpc) is 2.72. The van der Waals surface area contributed by atoms with Crippen LogP contribution in [0, 0.1) is 5.92 Å². The second-order valence-corrected chi connectivity index (χ2v) is 4.70. The normalized spacial score (nSPS) is 21.4. The molecular weight excluding hydrogens is 168 g/mol. The van der Waals surface area contributed by atoms with Crippen LogP contribution < -0.4 is 0 Å². The zero-order valence-electron chi connectivity index (χ0n) is 9.03. The van der Waals surface area contributed by atoms with E-state index in [0.717, 1.165) is 0 Å². The molecule has 0 heterocycles. The molecular formula is C14H18. The van der Waals surface area contributed by atoms with Crippen molar-refractivity contribution >= 4 is 0 Å². The number of allylic oxidation sites excluding steroid dienone is 2. The van der Waals surface area contributed by atoms with Gasteiger partial charge in [0.25, 0.3) is 0 Å². The van der Waals surface area contributed by atoms with Gasteiger partial charge in [-0.25, -0.2) is 0 Å². The van der Waals surface area contributed by atoms with Crippen LogP contribution in [0.2, 0.25) is 0 Å². The van der Waals surface area contributed by atoms with Gasteiger partial charge in [0, 0.05) is 0 Å². The fourth-order valence-corrected chi connectivity index (χ4v) is 2.32. The highest BCUT2D eigenvalue weighted by atomic mass is 14.3. The Morgan fingerprint density at radius 1 is 1.14 bits per heavy atom. The predicted octanol–water partition coefficient (Wildman–Crippen LogP) is 3.93. The molecule has 0 bridgehead atoms. The summed E-state index contributed by atoms with van der Waals surface area (Å²) in [6.45, 7) is 4.70. The van der Waals surface area contributed by atoms with E-state index in [1.165, 1.54) is 18.4 Å². The zero-order chi connectivity index (χ0) is 10.0.